The second-order valence-electron chi connectivity index (χ2n) is 5.35. The molecule has 0 amide bonds. The lowest BCUT2D eigenvalue weighted by atomic mass is 10.1. The molecule has 21 heavy (non-hydrogen) atoms. The zero-order chi connectivity index (χ0) is 15.2. The number of aliphatic hydroxyl groups is 2. The zero-order valence-electron chi connectivity index (χ0n) is 12.6. The molecule has 4 N–H and O–H groups in total. The highest BCUT2D eigenvalue weighted by molar-refractivity contribution is 5.58. The number of quaternary nitrogens is 1. The molecule has 0 saturated carbocycles. The molecule has 1 aromatic carbocycles. The lowest BCUT2D eigenvalue weighted by Gasteiger charge is -2.08. The summed E-state index contributed by atoms with van der Waals surface area (Å²) in [4.78, 5) is 0. The highest BCUT2D eigenvalue weighted by Gasteiger charge is 2.11. The van der Waals surface area contributed by atoms with E-state index >= 15 is 0 Å². The van der Waals surface area contributed by atoms with Gasteiger partial charge < -0.3 is 19.9 Å². The van der Waals surface area contributed by atoms with Gasteiger partial charge in [-0.15, -0.1) is 0 Å². The number of aliphatic hydroxyl groups excluding tert-OH is 2. The highest BCUT2D eigenvalue weighted by Crippen LogP contribution is 2.23. The van der Waals surface area contributed by atoms with Crippen molar-refractivity contribution in [2.45, 2.75) is 39.0 Å². The van der Waals surface area contributed by atoms with Crippen molar-refractivity contribution in [2.75, 3.05) is 6.61 Å². The quantitative estimate of drug-likeness (QED) is 0.728. The summed E-state index contributed by atoms with van der Waals surface area (Å²) in [5.74, 6) is 1.73. The van der Waals surface area contributed by atoms with E-state index in [9.17, 15) is 10.2 Å². The van der Waals surface area contributed by atoms with Crippen molar-refractivity contribution in [2.24, 2.45) is 0 Å². The summed E-state index contributed by atoms with van der Waals surface area (Å²) < 4.78 is 5.83. The average Bonchev–Trinajstić information content (AvgIpc) is 2.97. The van der Waals surface area contributed by atoms with E-state index in [1.807, 2.05) is 36.4 Å². The SMILES string of the molecule is CC[C@@H](CO)[NH2+]Cc1ccc(-c2ccc([C@@H](C)O)cc2)o1. The molecule has 114 valence electrons. The van der Waals surface area contributed by atoms with Crippen molar-refractivity contribution in [1.82, 2.24) is 0 Å². The summed E-state index contributed by atoms with van der Waals surface area (Å²) in [6, 6.07) is 11.9. The Morgan fingerprint density at radius 1 is 1.14 bits per heavy atom. The monoisotopic (exact) mass is 290 g/mol. The fourth-order valence-corrected chi connectivity index (χ4v) is 2.22. The normalized spacial score (nSPS) is 14.1. The second kappa shape index (κ2) is 7.41. The highest BCUT2D eigenvalue weighted by atomic mass is 16.3. The maximum Gasteiger partial charge on any atom is 0.158 e. The van der Waals surface area contributed by atoms with Gasteiger partial charge in [-0.25, -0.2) is 0 Å². The van der Waals surface area contributed by atoms with Crippen LogP contribution in [-0.2, 0) is 6.54 Å². The van der Waals surface area contributed by atoms with Gasteiger partial charge in [0.15, 0.2) is 5.76 Å². The molecule has 0 aliphatic heterocycles. The first-order chi connectivity index (χ1) is 10.1. The van der Waals surface area contributed by atoms with E-state index < -0.39 is 6.10 Å². The smallest absolute Gasteiger partial charge is 0.158 e. The number of rotatable bonds is 7. The fraction of sp³-hybridized carbons (Fsp3) is 0.412. The number of furan rings is 1. The Balaban J connectivity index is 2.02. The summed E-state index contributed by atoms with van der Waals surface area (Å²) in [5, 5.41) is 20.8. The van der Waals surface area contributed by atoms with E-state index in [4.69, 9.17) is 4.42 Å². The molecule has 0 saturated heterocycles. The molecule has 2 atom stereocenters. The van der Waals surface area contributed by atoms with E-state index in [1.165, 1.54) is 0 Å². The molecule has 1 aromatic heterocycles. The summed E-state index contributed by atoms with van der Waals surface area (Å²) in [6.45, 7) is 4.73. The first-order valence-electron chi connectivity index (χ1n) is 7.45. The number of nitrogens with two attached hydrogens (primary N) is 1. The van der Waals surface area contributed by atoms with Gasteiger partial charge in [0, 0.05) is 5.56 Å². The molecule has 0 radical (unpaired) electrons. The molecular weight excluding hydrogens is 266 g/mol. The Kier molecular flexibility index (Phi) is 5.56. The Labute approximate surface area is 125 Å². The molecule has 4 nitrogen and oxygen atoms in total. The molecule has 0 spiro atoms. The molecule has 1 heterocycles. The van der Waals surface area contributed by atoms with Gasteiger partial charge in [0.2, 0.25) is 0 Å². The van der Waals surface area contributed by atoms with Gasteiger partial charge in [0.25, 0.3) is 0 Å². The largest absolute Gasteiger partial charge is 0.455 e. The van der Waals surface area contributed by atoms with E-state index in [2.05, 4.69) is 12.2 Å². The first kappa shape index (κ1) is 15.8. The van der Waals surface area contributed by atoms with Gasteiger partial charge >= 0.3 is 0 Å². The first-order valence-corrected chi connectivity index (χ1v) is 7.45. The third-order valence-electron chi connectivity index (χ3n) is 3.75. The summed E-state index contributed by atoms with van der Waals surface area (Å²) in [6.07, 6.45) is 0.482. The summed E-state index contributed by atoms with van der Waals surface area (Å²) >= 11 is 0. The van der Waals surface area contributed by atoms with Crippen LogP contribution in [0.3, 0.4) is 0 Å². The average molecular weight is 290 g/mol. The third-order valence-corrected chi connectivity index (χ3v) is 3.75. The van der Waals surface area contributed by atoms with Crippen LogP contribution in [0.2, 0.25) is 0 Å². The van der Waals surface area contributed by atoms with Gasteiger partial charge in [-0.3, -0.25) is 0 Å². The van der Waals surface area contributed by atoms with E-state index in [0.717, 1.165) is 35.6 Å². The van der Waals surface area contributed by atoms with E-state index in [0.29, 0.717) is 0 Å². The van der Waals surface area contributed by atoms with Crippen molar-refractivity contribution < 1.29 is 19.9 Å². The molecule has 0 unspecified atom stereocenters. The van der Waals surface area contributed by atoms with Gasteiger partial charge in [-0.1, -0.05) is 31.2 Å². The molecule has 0 fully saturated rings. The molecular formula is C17H24NO3+. The molecule has 0 bridgehead atoms. The lowest BCUT2D eigenvalue weighted by molar-refractivity contribution is -0.707. The summed E-state index contributed by atoms with van der Waals surface area (Å²) in [7, 11) is 0. The molecule has 0 aliphatic rings. The van der Waals surface area contributed by atoms with Gasteiger partial charge in [-0.05, 0) is 31.0 Å². The van der Waals surface area contributed by atoms with Crippen LogP contribution < -0.4 is 5.32 Å². The van der Waals surface area contributed by atoms with Crippen LogP contribution in [0.15, 0.2) is 40.8 Å². The second-order valence-corrected chi connectivity index (χ2v) is 5.35. The van der Waals surface area contributed by atoms with Crippen LogP contribution in [0.4, 0.5) is 0 Å². The van der Waals surface area contributed by atoms with Crippen LogP contribution in [-0.4, -0.2) is 22.9 Å². The van der Waals surface area contributed by atoms with Crippen molar-refractivity contribution in [3.05, 3.63) is 47.7 Å². The number of hydrogen-bond donors (Lipinski definition) is 3. The van der Waals surface area contributed by atoms with Crippen molar-refractivity contribution in [1.29, 1.82) is 0 Å². The molecule has 2 aromatic rings. The summed E-state index contributed by atoms with van der Waals surface area (Å²) in [5.41, 5.74) is 1.90. The zero-order valence-corrected chi connectivity index (χ0v) is 12.6. The Morgan fingerprint density at radius 2 is 1.86 bits per heavy atom. The van der Waals surface area contributed by atoms with Crippen LogP contribution in [0.25, 0.3) is 11.3 Å². The lowest BCUT2D eigenvalue weighted by Crippen LogP contribution is -2.89. The van der Waals surface area contributed by atoms with Crippen molar-refractivity contribution in [3.8, 4) is 11.3 Å². The third kappa shape index (κ3) is 4.17. The topological polar surface area (TPSA) is 70.2 Å². The minimum atomic E-state index is -0.453. The van der Waals surface area contributed by atoms with Gasteiger partial charge in [-0.2, -0.15) is 0 Å². The number of benzene rings is 1. The van der Waals surface area contributed by atoms with Crippen LogP contribution in [0.1, 0.15) is 37.7 Å². The fourth-order valence-electron chi connectivity index (χ4n) is 2.22. The molecule has 4 heteroatoms. The van der Waals surface area contributed by atoms with Gasteiger partial charge in [0.05, 0.1) is 12.7 Å². The minimum Gasteiger partial charge on any atom is -0.455 e. The number of hydrogen-bond acceptors (Lipinski definition) is 3. The van der Waals surface area contributed by atoms with Crippen LogP contribution >= 0.6 is 0 Å². The van der Waals surface area contributed by atoms with Crippen LogP contribution in [0.5, 0.6) is 0 Å². The van der Waals surface area contributed by atoms with Crippen LogP contribution in [0, 0.1) is 0 Å². The predicted molar refractivity (Wildman–Crippen MR) is 81.6 cm³/mol. The van der Waals surface area contributed by atoms with E-state index in [1.54, 1.807) is 6.92 Å². The Hall–Kier alpha value is -1.62. The molecule has 0 aliphatic carbocycles. The van der Waals surface area contributed by atoms with Crippen molar-refractivity contribution in [3.63, 3.8) is 0 Å². The maximum absolute atomic E-state index is 9.51. The maximum atomic E-state index is 9.51. The van der Waals surface area contributed by atoms with Gasteiger partial charge in [0.1, 0.15) is 18.3 Å². The molecule has 2 rings (SSSR count). The Bertz CT molecular complexity index is 541. The standard InChI is InChI=1S/C17H23NO3/c1-3-15(11-19)18-10-16-8-9-17(21-16)14-6-4-13(5-7-14)12(2)20/h4-9,12,15,18-20H,3,10-11H2,1-2H3/p+1/t12-,15+/m1/s1. The minimum absolute atomic E-state index is 0.185. The predicted octanol–water partition coefficient (Wildman–Crippen LogP) is 1.83. The van der Waals surface area contributed by atoms with E-state index in [-0.39, 0.29) is 12.6 Å². The Morgan fingerprint density at radius 3 is 2.43 bits per heavy atom. The van der Waals surface area contributed by atoms with Crippen molar-refractivity contribution >= 4 is 0 Å².